The van der Waals surface area contributed by atoms with Gasteiger partial charge in [0.2, 0.25) is 0 Å². The third-order valence-electron chi connectivity index (χ3n) is 4.14. The molecule has 4 heterocycles. The molecule has 4 rings (SSSR count). The summed E-state index contributed by atoms with van der Waals surface area (Å²) < 4.78 is 0. The Morgan fingerprint density at radius 3 is 2.62 bits per heavy atom. The van der Waals surface area contributed by atoms with Gasteiger partial charge in [-0.05, 0) is 44.8 Å². The van der Waals surface area contributed by atoms with E-state index >= 15 is 0 Å². The number of hydrogen-bond donors (Lipinski definition) is 1. The first kappa shape index (κ1) is 10.2. The van der Waals surface area contributed by atoms with E-state index in [0.29, 0.717) is 5.92 Å². The Hall–Kier alpha value is -0.930. The molecule has 3 heteroatoms. The van der Waals surface area contributed by atoms with Gasteiger partial charge in [-0.3, -0.25) is 4.98 Å². The summed E-state index contributed by atoms with van der Waals surface area (Å²) in [4.78, 5) is 6.67. The highest BCUT2D eigenvalue weighted by atomic mass is 16.3. The van der Waals surface area contributed by atoms with Crippen molar-refractivity contribution in [2.45, 2.75) is 25.4 Å². The highest BCUT2D eigenvalue weighted by Crippen LogP contribution is 2.42. The molecule has 86 valence electrons. The Morgan fingerprint density at radius 2 is 2.12 bits per heavy atom. The summed E-state index contributed by atoms with van der Waals surface area (Å²) in [5.41, 5.74) is 1.35. The summed E-state index contributed by atoms with van der Waals surface area (Å²) >= 11 is 0. The van der Waals surface area contributed by atoms with Gasteiger partial charge in [-0.25, -0.2) is 0 Å². The molecule has 0 amide bonds. The summed E-state index contributed by atoms with van der Waals surface area (Å²) in [7, 11) is 0. The second-order valence-electron chi connectivity index (χ2n) is 5.16. The maximum Gasteiger partial charge on any atom is 0.107 e. The summed E-state index contributed by atoms with van der Waals surface area (Å²) in [5, 5.41) is 10.8. The van der Waals surface area contributed by atoms with Gasteiger partial charge in [0.15, 0.2) is 0 Å². The van der Waals surface area contributed by atoms with Gasteiger partial charge in [0.1, 0.15) is 5.60 Å². The smallest absolute Gasteiger partial charge is 0.107 e. The fourth-order valence-electron chi connectivity index (χ4n) is 3.09. The number of fused-ring (bicyclic) bond motifs is 3. The molecule has 1 unspecified atom stereocenters. The molecule has 3 saturated heterocycles. The fraction of sp³-hybridized carbons (Fsp3) is 0.615. The third-order valence-corrected chi connectivity index (χ3v) is 4.14. The number of aryl methyl sites for hydroxylation is 1. The van der Waals surface area contributed by atoms with Crippen molar-refractivity contribution in [3.8, 4) is 0 Å². The summed E-state index contributed by atoms with van der Waals surface area (Å²) in [6, 6.07) is 4.02. The van der Waals surface area contributed by atoms with E-state index in [1.807, 2.05) is 25.3 Å². The van der Waals surface area contributed by atoms with Crippen LogP contribution in [0.5, 0.6) is 0 Å². The van der Waals surface area contributed by atoms with E-state index in [-0.39, 0.29) is 0 Å². The van der Waals surface area contributed by atoms with Crippen LogP contribution in [0, 0.1) is 12.8 Å². The van der Waals surface area contributed by atoms with E-state index < -0.39 is 5.60 Å². The van der Waals surface area contributed by atoms with Crippen molar-refractivity contribution >= 4 is 0 Å². The minimum Gasteiger partial charge on any atom is -0.383 e. The quantitative estimate of drug-likeness (QED) is 0.772. The molecule has 1 aromatic rings. The molecule has 1 atom stereocenters. The van der Waals surface area contributed by atoms with E-state index in [0.717, 1.165) is 43.7 Å². The van der Waals surface area contributed by atoms with E-state index in [1.165, 1.54) is 0 Å². The molecule has 3 nitrogen and oxygen atoms in total. The molecule has 3 fully saturated rings. The van der Waals surface area contributed by atoms with Crippen molar-refractivity contribution in [2.75, 3.05) is 19.6 Å². The van der Waals surface area contributed by atoms with Gasteiger partial charge in [-0.1, -0.05) is 6.07 Å². The molecule has 0 spiro atoms. The molecular weight excluding hydrogens is 200 g/mol. The zero-order valence-electron chi connectivity index (χ0n) is 9.69. The van der Waals surface area contributed by atoms with Crippen LogP contribution in [-0.2, 0) is 5.60 Å². The lowest BCUT2D eigenvalue weighted by molar-refractivity contribution is -0.118. The van der Waals surface area contributed by atoms with Gasteiger partial charge in [0.25, 0.3) is 0 Å². The Kier molecular flexibility index (Phi) is 2.26. The lowest BCUT2D eigenvalue weighted by Gasteiger charge is -2.50. The Labute approximate surface area is 96.1 Å². The van der Waals surface area contributed by atoms with Gasteiger partial charge >= 0.3 is 0 Å². The molecule has 1 N–H and O–H groups in total. The second-order valence-corrected chi connectivity index (χ2v) is 5.16. The standard InChI is InChI=1S/C13H18N2O/c1-10-2-3-12(8-14-10)13(16)9-15-6-4-11(13)5-7-15/h2-3,8,11,16H,4-7,9H2,1H3. The van der Waals surface area contributed by atoms with Crippen LogP contribution in [-0.4, -0.2) is 34.6 Å². The van der Waals surface area contributed by atoms with Crippen LogP contribution >= 0.6 is 0 Å². The average Bonchev–Trinajstić information content (AvgIpc) is 2.31. The zero-order chi connectivity index (χ0) is 11.2. The predicted molar refractivity (Wildman–Crippen MR) is 62.0 cm³/mol. The van der Waals surface area contributed by atoms with Crippen LogP contribution < -0.4 is 0 Å². The molecule has 16 heavy (non-hydrogen) atoms. The number of nitrogens with zero attached hydrogens (tertiary/aromatic N) is 2. The Balaban J connectivity index is 1.95. The number of aliphatic hydroxyl groups is 1. The highest BCUT2D eigenvalue weighted by Gasteiger charge is 2.46. The minimum absolute atomic E-state index is 0.419. The van der Waals surface area contributed by atoms with Crippen molar-refractivity contribution in [3.05, 3.63) is 29.6 Å². The first-order valence-electron chi connectivity index (χ1n) is 6.06. The van der Waals surface area contributed by atoms with Crippen molar-refractivity contribution in [1.82, 2.24) is 9.88 Å². The van der Waals surface area contributed by atoms with Crippen LogP contribution in [0.4, 0.5) is 0 Å². The molecule has 1 aromatic heterocycles. The molecule has 3 aliphatic rings. The van der Waals surface area contributed by atoms with Gasteiger partial charge in [0.05, 0.1) is 0 Å². The van der Waals surface area contributed by atoms with Crippen LogP contribution in [0.2, 0.25) is 0 Å². The largest absolute Gasteiger partial charge is 0.383 e. The Bertz CT molecular complexity index is 381. The number of hydrogen-bond acceptors (Lipinski definition) is 3. The van der Waals surface area contributed by atoms with Gasteiger partial charge in [-0.2, -0.15) is 0 Å². The van der Waals surface area contributed by atoms with E-state index in [2.05, 4.69) is 9.88 Å². The fourth-order valence-corrected chi connectivity index (χ4v) is 3.09. The van der Waals surface area contributed by atoms with Gasteiger partial charge in [-0.15, -0.1) is 0 Å². The van der Waals surface area contributed by atoms with Gasteiger partial charge in [0, 0.05) is 24.0 Å². The minimum atomic E-state index is -0.656. The first-order valence-corrected chi connectivity index (χ1v) is 6.06. The average molecular weight is 218 g/mol. The van der Waals surface area contributed by atoms with E-state index in [4.69, 9.17) is 0 Å². The second kappa shape index (κ2) is 3.54. The van der Waals surface area contributed by atoms with Gasteiger partial charge < -0.3 is 10.0 Å². The maximum atomic E-state index is 10.8. The number of aromatic nitrogens is 1. The number of rotatable bonds is 1. The first-order chi connectivity index (χ1) is 7.68. The van der Waals surface area contributed by atoms with Crippen LogP contribution in [0.3, 0.4) is 0 Å². The zero-order valence-corrected chi connectivity index (χ0v) is 9.69. The molecule has 0 saturated carbocycles. The predicted octanol–water partition coefficient (Wildman–Crippen LogP) is 1.30. The summed E-state index contributed by atoms with van der Waals surface area (Å²) in [5.74, 6) is 0.419. The van der Waals surface area contributed by atoms with E-state index in [9.17, 15) is 5.11 Å². The van der Waals surface area contributed by atoms with Crippen LogP contribution in [0.25, 0.3) is 0 Å². The lowest BCUT2D eigenvalue weighted by Crippen LogP contribution is -2.57. The molecule has 0 radical (unpaired) electrons. The molecular formula is C13H18N2O. The third kappa shape index (κ3) is 1.46. The summed E-state index contributed by atoms with van der Waals surface area (Å²) in [6.45, 7) is 5.05. The van der Waals surface area contributed by atoms with Crippen LogP contribution in [0.1, 0.15) is 24.1 Å². The normalized spacial score (nSPS) is 37.6. The lowest BCUT2D eigenvalue weighted by atomic mass is 9.72. The Morgan fingerprint density at radius 1 is 1.38 bits per heavy atom. The van der Waals surface area contributed by atoms with Crippen molar-refractivity contribution < 1.29 is 5.11 Å². The number of pyridine rings is 1. The highest BCUT2D eigenvalue weighted by molar-refractivity contribution is 5.24. The molecule has 2 bridgehead atoms. The topological polar surface area (TPSA) is 36.4 Å². The molecule has 3 aliphatic heterocycles. The van der Waals surface area contributed by atoms with E-state index in [1.54, 1.807) is 0 Å². The molecule has 0 aliphatic carbocycles. The monoisotopic (exact) mass is 218 g/mol. The van der Waals surface area contributed by atoms with Crippen molar-refractivity contribution in [1.29, 1.82) is 0 Å². The van der Waals surface area contributed by atoms with Crippen LogP contribution in [0.15, 0.2) is 18.3 Å². The maximum absolute atomic E-state index is 10.8. The SMILES string of the molecule is Cc1ccc(C2(O)CN3CCC2CC3)cn1. The van der Waals surface area contributed by atoms with Crippen molar-refractivity contribution in [3.63, 3.8) is 0 Å². The molecule has 0 aromatic carbocycles. The number of piperidine rings is 3. The van der Waals surface area contributed by atoms with Crippen molar-refractivity contribution in [2.24, 2.45) is 5.92 Å². The summed E-state index contributed by atoms with van der Waals surface area (Å²) in [6.07, 6.45) is 4.08.